The van der Waals surface area contributed by atoms with Crippen LogP contribution in [0.5, 0.6) is 0 Å². The first kappa shape index (κ1) is 10.2. The average Bonchev–Trinajstić information content (AvgIpc) is 2.59. The molecule has 0 radical (unpaired) electrons. The molecule has 0 bridgehead atoms. The van der Waals surface area contributed by atoms with E-state index in [1.807, 2.05) is 24.3 Å². The van der Waals surface area contributed by atoms with Crippen LogP contribution in [0.4, 0.5) is 0 Å². The molecule has 1 amide bonds. The van der Waals surface area contributed by atoms with Crippen LogP contribution < -0.4 is 11.3 Å². The first-order chi connectivity index (χ1) is 6.31. The number of nitrogen functional groups attached to an aromatic ring is 1. The lowest BCUT2D eigenvalue weighted by Crippen LogP contribution is -2.30. The molecule has 0 atom stereocenters. The van der Waals surface area contributed by atoms with E-state index in [0.29, 0.717) is 5.69 Å². The van der Waals surface area contributed by atoms with E-state index >= 15 is 0 Å². The molecule has 0 saturated carbocycles. The number of hydrogen-bond acceptors (Lipinski definition) is 2. The van der Waals surface area contributed by atoms with Crippen LogP contribution in [0.1, 0.15) is 10.5 Å². The van der Waals surface area contributed by atoms with Crippen LogP contribution in [0.3, 0.4) is 0 Å². The Balaban J connectivity index is 0.000000980. The Morgan fingerprint density at radius 1 is 1.36 bits per heavy atom. The topological polar surface area (TPSA) is 102 Å². The maximum absolute atomic E-state index is 11.1. The number of carbonyl (C=O) groups excluding carboxylic acids is 1. The standard InChI is InChI=1S/C9H9N3O.H2O/c10-12-9(13)8-5-6-3-1-2-4-7(6)11-8;/h1-5,11H,10H2,(H,12,13);1H2. The molecule has 0 spiro atoms. The normalized spacial score (nSPS) is 9.50. The summed E-state index contributed by atoms with van der Waals surface area (Å²) in [5.41, 5.74) is 3.48. The number of aromatic amines is 1. The fourth-order valence-corrected chi connectivity index (χ4v) is 1.27. The van der Waals surface area contributed by atoms with Crippen molar-refractivity contribution in [2.75, 3.05) is 0 Å². The molecule has 0 saturated heterocycles. The van der Waals surface area contributed by atoms with Gasteiger partial charge in [-0.1, -0.05) is 18.2 Å². The van der Waals surface area contributed by atoms with E-state index in [2.05, 4.69) is 10.4 Å². The smallest absolute Gasteiger partial charge is 0.281 e. The number of H-pyrrole nitrogens is 1. The molecule has 5 heteroatoms. The van der Waals surface area contributed by atoms with Gasteiger partial charge in [0.1, 0.15) is 5.69 Å². The highest BCUT2D eigenvalue weighted by Crippen LogP contribution is 2.13. The Morgan fingerprint density at radius 3 is 2.71 bits per heavy atom. The number of fused-ring (bicyclic) bond motifs is 1. The molecule has 14 heavy (non-hydrogen) atoms. The lowest BCUT2D eigenvalue weighted by molar-refractivity contribution is 0.0949. The Bertz CT molecular complexity index is 417. The number of para-hydroxylation sites is 1. The molecule has 74 valence electrons. The second kappa shape index (κ2) is 3.91. The van der Waals surface area contributed by atoms with E-state index < -0.39 is 0 Å². The summed E-state index contributed by atoms with van der Waals surface area (Å²) in [6.45, 7) is 0. The molecular weight excluding hydrogens is 182 g/mol. The van der Waals surface area contributed by atoms with Crippen LogP contribution in [0.15, 0.2) is 30.3 Å². The minimum atomic E-state index is -0.309. The largest absolute Gasteiger partial charge is 0.412 e. The predicted octanol–water partition coefficient (Wildman–Crippen LogP) is -0.0533. The number of carbonyl (C=O) groups is 1. The number of nitrogens with one attached hydrogen (secondary N) is 2. The van der Waals surface area contributed by atoms with E-state index in [9.17, 15) is 4.79 Å². The number of nitrogens with two attached hydrogens (primary N) is 1. The number of hydrogen-bond donors (Lipinski definition) is 3. The van der Waals surface area contributed by atoms with Crippen molar-refractivity contribution in [2.24, 2.45) is 5.84 Å². The molecule has 1 aromatic carbocycles. The van der Waals surface area contributed by atoms with Crippen molar-refractivity contribution in [1.82, 2.24) is 10.4 Å². The Labute approximate surface area is 80.2 Å². The van der Waals surface area contributed by atoms with Crippen molar-refractivity contribution in [3.05, 3.63) is 36.0 Å². The van der Waals surface area contributed by atoms with Gasteiger partial charge < -0.3 is 10.5 Å². The lowest BCUT2D eigenvalue weighted by atomic mass is 10.2. The fraction of sp³-hybridized carbons (Fsp3) is 0. The van der Waals surface area contributed by atoms with Gasteiger partial charge in [0.05, 0.1) is 0 Å². The third-order valence-corrected chi connectivity index (χ3v) is 1.91. The van der Waals surface area contributed by atoms with E-state index in [1.54, 1.807) is 6.07 Å². The van der Waals surface area contributed by atoms with Crippen molar-refractivity contribution >= 4 is 16.8 Å². The van der Waals surface area contributed by atoms with Crippen LogP contribution >= 0.6 is 0 Å². The van der Waals surface area contributed by atoms with Crippen LogP contribution in [-0.2, 0) is 0 Å². The molecule has 0 aliphatic heterocycles. The van der Waals surface area contributed by atoms with E-state index in [-0.39, 0.29) is 11.4 Å². The molecule has 5 nitrogen and oxygen atoms in total. The monoisotopic (exact) mass is 193 g/mol. The van der Waals surface area contributed by atoms with Gasteiger partial charge >= 0.3 is 0 Å². The quantitative estimate of drug-likeness (QED) is 0.336. The molecule has 0 fully saturated rings. The second-order valence-electron chi connectivity index (χ2n) is 2.74. The average molecular weight is 193 g/mol. The van der Waals surface area contributed by atoms with Gasteiger partial charge in [-0.2, -0.15) is 0 Å². The van der Waals surface area contributed by atoms with Crippen molar-refractivity contribution in [2.45, 2.75) is 0 Å². The summed E-state index contributed by atoms with van der Waals surface area (Å²) in [6.07, 6.45) is 0. The number of aromatic nitrogens is 1. The molecule has 0 aliphatic carbocycles. The summed E-state index contributed by atoms with van der Waals surface area (Å²) >= 11 is 0. The van der Waals surface area contributed by atoms with Crippen LogP contribution in [-0.4, -0.2) is 16.4 Å². The van der Waals surface area contributed by atoms with Gasteiger partial charge in [-0.15, -0.1) is 0 Å². The maximum atomic E-state index is 11.1. The number of rotatable bonds is 1. The number of hydrazine groups is 1. The second-order valence-corrected chi connectivity index (χ2v) is 2.74. The summed E-state index contributed by atoms with van der Waals surface area (Å²) in [4.78, 5) is 14.1. The zero-order valence-electron chi connectivity index (χ0n) is 7.37. The predicted molar refractivity (Wildman–Crippen MR) is 53.6 cm³/mol. The molecule has 1 aromatic heterocycles. The van der Waals surface area contributed by atoms with Crippen molar-refractivity contribution in [1.29, 1.82) is 0 Å². The fourth-order valence-electron chi connectivity index (χ4n) is 1.27. The first-order valence-corrected chi connectivity index (χ1v) is 3.90. The highest BCUT2D eigenvalue weighted by atomic mass is 16.2. The van der Waals surface area contributed by atoms with Crippen molar-refractivity contribution < 1.29 is 10.3 Å². The van der Waals surface area contributed by atoms with E-state index in [1.165, 1.54) is 0 Å². The summed E-state index contributed by atoms with van der Waals surface area (Å²) in [5, 5.41) is 1.00. The van der Waals surface area contributed by atoms with Gasteiger partial charge in [0.15, 0.2) is 0 Å². The SMILES string of the molecule is NNC(=O)c1cc2ccccc2[nH]1.O. The first-order valence-electron chi connectivity index (χ1n) is 3.90. The van der Waals surface area contributed by atoms with Gasteiger partial charge in [-0.3, -0.25) is 10.2 Å². The van der Waals surface area contributed by atoms with Gasteiger partial charge in [0, 0.05) is 10.9 Å². The zero-order chi connectivity index (χ0) is 9.26. The van der Waals surface area contributed by atoms with Gasteiger partial charge in [-0.05, 0) is 12.1 Å². The summed E-state index contributed by atoms with van der Waals surface area (Å²) in [6, 6.07) is 9.42. The molecule has 6 N–H and O–H groups in total. The minimum Gasteiger partial charge on any atom is -0.412 e. The van der Waals surface area contributed by atoms with Gasteiger partial charge in [0.25, 0.3) is 5.91 Å². The highest BCUT2D eigenvalue weighted by Gasteiger charge is 2.06. The van der Waals surface area contributed by atoms with Crippen molar-refractivity contribution in [3.63, 3.8) is 0 Å². The summed E-state index contributed by atoms with van der Waals surface area (Å²) in [5.74, 6) is 4.70. The highest BCUT2D eigenvalue weighted by molar-refractivity contribution is 5.97. The Kier molecular flexibility index (Phi) is 2.85. The van der Waals surface area contributed by atoms with Crippen LogP contribution in [0.2, 0.25) is 0 Å². The molecule has 2 rings (SSSR count). The van der Waals surface area contributed by atoms with E-state index in [0.717, 1.165) is 10.9 Å². The maximum Gasteiger partial charge on any atom is 0.281 e. The van der Waals surface area contributed by atoms with Crippen molar-refractivity contribution in [3.8, 4) is 0 Å². The molecule has 2 aromatic rings. The van der Waals surface area contributed by atoms with Crippen LogP contribution in [0.25, 0.3) is 10.9 Å². The summed E-state index contributed by atoms with van der Waals surface area (Å²) < 4.78 is 0. The molecule has 0 aliphatic rings. The van der Waals surface area contributed by atoms with Gasteiger partial charge in [-0.25, -0.2) is 5.84 Å². The molecule has 0 unspecified atom stereocenters. The van der Waals surface area contributed by atoms with Gasteiger partial charge in [0.2, 0.25) is 0 Å². The molecular formula is C9H11N3O2. The lowest BCUT2D eigenvalue weighted by Gasteiger charge is -1.92. The zero-order valence-corrected chi connectivity index (χ0v) is 7.37. The summed E-state index contributed by atoms with van der Waals surface area (Å²) in [7, 11) is 0. The Hall–Kier alpha value is -1.85. The Morgan fingerprint density at radius 2 is 2.07 bits per heavy atom. The van der Waals surface area contributed by atoms with Crippen LogP contribution in [0, 0.1) is 0 Å². The van der Waals surface area contributed by atoms with E-state index in [4.69, 9.17) is 5.84 Å². The number of amides is 1. The molecule has 1 heterocycles. The minimum absolute atomic E-state index is 0. The number of benzene rings is 1. The third kappa shape index (κ3) is 1.59. The third-order valence-electron chi connectivity index (χ3n) is 1.91.